The highest BCUT2D eigenvalue weighted by Gasteiger charge is 2.22. The van der Waals surface area contributed by atoms with Gasteiger partial charge in [0, 0.05) is 18.8 Å². The SMILES string of the molecule is COc1cc(CSc2nnc(N3CCCC3)n2Cc2ccco2)ccc1SC(F)F. The van der Waals surface area contributed by atoms with Crippen molar-refractivity contribution in [3.8, 4) is 5.75 Å². The molecule has 1 saturated heterocycles. The van der Waals surface area contributed by atoms with Crippen molar-refractivity contribution in [1.82, 2.24) is 14.8 Å². The molecule has 0 saturated carbocycles. The summed E-state index contributed by atoms with van der Waals surface area (Å²) in [7, 11) is 1.49. The molecule has 1 aromatic carbocycles. The van der Waals surface area contributed by atoms with Gasteiger partial charge in [-0.25, -0.2) is 0 Å². The maximum atomic E-state index is 12.7. The minimum Gasteiger partial charge on any atom is -0.496 e. The number of ether oxygens (including phenoxy) is 1. The van der Waals surface area contributed by atoms with E-state index >= 15 is 0 Å². The zero-order valence-corrected chi connectivity index (χ0v) is 18.1. The first-order chi connectivity index (χ1) is 14.6. The van der Waals surface area contributed by atoms with Crippen molar-refractivity contribution in [3.05, 3.63) is 47.9 Å². The first-order valence-corrected chi connectivity index (χ1v) is 11.5. The van der Waals surface area contributed by atoms with E-state index < -0.39 is 5.76 Å². The Morgan fingerprint density at radius 1 is 1.20 bits per heavy atom. The molecule has 0 atom stereocenters. The Bertz CT molecular complexity index is 960. The van der Waals surface area contributed by atoms with Crippen LogP contribution in [-0.2, 0) is 12.3 Å². The number of nitrogens with zero attached hydrogens (tertiary/aromatic N) is 4. The first kappa shape index (κ1) is 21.0. The lowest BCUT2D eigenvalue weighted by Crippen LogP contribution is -2.22. The Labute approximate surface area is 182 Å². The molecule has 30 heavy (non-hydrogen) atoms. The average molecular weight is 453 g/mol. The summed E-state index contributed by atoms with van der Waals surface area (Å²) in [5, 5.41) is 9.64. The molecule has 160 valence electrons. The number of anilines is 1. The molecule has 6 nitrogen and oxygen atoms in total. The van der Waals surface area contributed by atoms with Crippen molar-refractivity contribution in [1.29, 1.82) is 0 Å². The quantitative estimate of drug-likeness (QED) is 0.417. The third-order valence-electron chi connectivity index (χ3n) is 4.79. The van der Waals surface area contributed by atoms with Gasteiger partial charge in [0.25, 0.3) is 5.76 Å². The van der Waals surface area contributed by atoms with Gasteiger partial charge in [0.1, 0.15) is 11.5 Å². The van der Waals surface area contributed by atoms with E-state index in [1.807, 2.05) is 18.2 Å². The number of hydrogen-bond donors (Lipinski definition) is 0. The number of thioether (sulfide) groups is 2. The second-order valence-electron chi connectivity index (χ2n) is 6.79. The highest BCUT2D eigenvalue weighted by molar-refractivity contribution is 7.99. The predicted octanol–water partition coefficient (Wildman–Crippen LogP) is 5.14. The van der Waals surface area contributed by atoms with Crippen molar-refractivity contribution in [2.24, 2.45) is 0 Å². The molecular weight excluding hydrogens is 430 g/mol. The number of benzene rings is 1. The fourth-order valence-electron chi connectivity index (χ4n) is 3.38. The molecular formula is C20H22F2N4O2S2. The highest BCUT2D eigenvalue weighted by atomic mass is 32.2. The van der Waals surface area contributed by atoms with Crippen LogP contribution in [0.5, 0.6) is 5.75 Å². The second-order valence-corrected chi connectivity index (χ2v) is 8.77. The Kier molecular flexibility index (Phi) is 6.83. The number of aromatic nitrogens is 3. The summed E-state index contributed by atoms with van der Waals surface area (Å²) in [6, 6.07) is 9.12. The minimum absolute atomic E-state index is 0.429. The van der Waals surface area contributed by atoms with Gasteiger partial charge in [-0.1, -0.05) is 29.6 Å². The zero-order valence-electron chi connectivity index (χ0n) is 16.5. The fourth-order valence-corrected chi connectivity index (χ4v) is 4.85. The standard InChI is InChI=1S/C20H22F2N4O2S2/c1-27-16-11-14(6-7-17(16)30-18(21)22)13-29-20-24-23-19(25-8-2-3-9-25)26(20)12-15-5-4-10-28-15/h4-7,10-11,18H,2-3,8-9,12-13H2,1H3. The third-order valence-corrected chi connectivity index (χ3v) is 6.60. The summed E-state index contributed by atoms with van der Waals surface area (Å²) in [4.78, 5) is 2.68. The fraction of sp³-hybridized carbons (Fsp3) is 0.400. The molecule has 1 fully saturated rings. The van der Waals surface area contributed by atoms with E-state index in [0.717, 1.165) is 48.4 Å². The van der Waals surface area contributed by atoms with Gasteiger partial charge in [-0.2, -0.15) is 8.78 Å². The second kappa shape index (κ2) is 9.74. The normalized spacial score (nSPS) is 14.1. The third kappa shape index (κ3) is 4.92. The lowest BCUT2D eigenvalue weighted by molar-refractivity contribution is 0.251. The van der Waals surface area contributed by atoms with E-state index in [2.05, 4.69) is 19.7 Å². The van der Waals surface area contributed by atoms with Crippen LogP contribution in [0, 0.1) is 0 Å². The van der Waals surface area contributed by atoms with E-state index in [4.69, 9.17) is 9.15 Å². The molecule has 0 unspecified atom stereocenters. The monoisotopic (exact) mass is 452 g/mol. The summed E-state index contributed by atoms with van der Waals surface area (Å²) in [6.45, 7) is 2.50. The first-order valence-electron chi connectivity index (χ1n) is 9.59. The Morgan fingerprint density at radius 2 is 2.03 bits per heavy atom. The lowest BCUT2D eigenvalue weighted by atomic mass is 10.2. The number of hydrogen-bond acceptors (Lipinski definition) is 7. The maximum Gasteiger partial charge on any atom is 0.289 e. The predicted molar refractivity (Wildman–Crippen MR) is 114 cm³/mol. The van der Waals surface area contributed by atoms with Crippen LogP contribution in [0.4, 0.5) is 14.7 Å². The van der Waals surface area contributed by atoms with Crippen molar-refractivity contribution in [2.45, 2.75) is 40.9 Å². The van der Waals surface area contributed by atoms with Gasteiger partial charge in [-0.3, -0.25) is 4.57 Å². The minimum atomic E-state index is -2.48. The highest BCUT2D eigenvalue weighted by Crippen LogP contribution is 2.35. The molecule has 1 aliphatic rings. The van der Waals surface area contributed by atoms with Gasteiger partial charge >= 0.3 is 0 Å². The molecule has 4 rings (SSSR count). The molecule has 0 N–H and O–H groups in total. The van der Waals surface area contributed by atoms with Gasteiger partial charge in [0.05, 0.1) is 24.8 Å². The number of rotatable bonds is 9. The number of methoxy groups -OCH3 is 1. The molecule has 3 heterocycles. The summed E-state index contributed by atoms with van der Waals surface area (Å²) < 4.78 is 38.3. The number of halogens is 2. The van der Waals surface area contributed by atoms with E-state index in [1.54, 1.807) is 30.2 Å². The van der Waals surface area contributed by atoms with Crippen molar-refractivity contribution in [2.75, 3.05) is 25.1 Å². The topological polar surface area (TPSA) is 56.3 Å². The summed E-state index contributed by atoms with van der Waals surface area (Å²) >= 11 is 2.04. The van der Waals surface area contributed by atoms with Crippen LogP contribution in [-0.4, -0.2) is 40.7 Å². The Balaban J connectivity index is 1.53. The van der Waals surface area contributed by atoms with Crippen LogP contribution in [0.2, 0.25) is 0 Å². The van der Waals surface area contributed by atoms with Crippen molar-refractivity contribution < 1.29 is 17.9 Å². The number of alkyl halides is 2. The van der Waals surface area contributed by atoms with Gasteiger partial charge in [-0.05, 0) is 42.7 Å². The molecule has 3 aromatic rings. The smallest absolute Gasteiger partial charge is 0.289 e. The van der Waals surface area contributed by atoms with E-state index in [9.17, 15) is 8.78 Å². The van der Waals surface area contributed by atoms with Crippen LogP contribution >= 0.6 is 23.5 Å². The molecule has 0 bridgehead atoms. The van der Waals surface area contributed by atoms with Crippen LogP contribution in [0.1, 0.15) is 24.2 Å². The van der Waals surface area contributed by atoms with Crippen molar-refractivity contribution in [3.63, 3.8) is 0 Å². The molecule has 1 aliphatic heterocycles. The van der Waals surface area contributed by atoms with E-state index in [1.165, 1.54) is 7.11 Å². The van der Waals surface area contributed by atoms with Crippen LogP contribution < -0.4 is 9.64 Å². The largest absolute Gasteiger partial charge is 0.496 e. The van der Waals surface area contributed by atoms with E-state index in [-0.39, 0.29) is 0 Å². The van der Waals surface area contributed by atoms with E-state index in [0.29, 0.717) is 34.7 Å². The van der Waals surface area contributed by atoms with Gasteiger partial charge < -0.3 is 14.1 Å². The lowest BCUT2D eigenvalue weighted by Gasteiger charge is -2.17. The molecule has 0 radical (unpaired) electrons. The Hall–Kier alpha value is -2.20. The van der Waals surface area contributed by atoms with Gasteiger partial charge in [0.2, 0.25) is 5.95 Å². The maximum absolute atomic E-state index is 12.7. The molecule has 0 amide bonds. The number of furan rings is 1. The van der Waals surface area contributed by atoms with Crippen LogP contribution in [0.3, 0.4) is 0 Å². The Morgan fingerprint density at radius 3 is 2.73 bits per heavy atom. The van der Waals surface area contributed by atoms with Crippen LogP contribution in [0.25, 0.3) is 0 Å². The van der Waals surface area contributed by atoms with Crippen LogP contribution in [0.15, 0.2) is 51.1 Å². The molecule has 0 spiro atoms. The van der Waals surface area contributed by atoms with Gasteiger partial charge in [0.15, 0.2) is 5.16 Å². The molecule has 0 aliphatic carbocycles. The summed E-state index contributed by atoms with van der Waals surface area (Å²) in [5.74, 6) is 0.281. The summed E-state index contributed by atoms with van der Waals surface area (Å²) in [6.07, 6.45) is 3.96. The van der Waals surface area contributed by atoms with Crippen molar-refractivity contribution >= 4 is 29.5 Å². The molecule has 10 heteroatoms. The molecule has 2 aromatic heterocycles. The average Bonchev–Trinajstić information content (AvgIpc) is 3.49. The summed E-state index contributed by atoms with van der Waals surface area (Å²) in [5.41, 5.74) is 0.964. The van der Waals surface area contributed by atoms with Gasteiger partial charge in [-0.15, -0.1) is 10.2 Å². The zero-order chi connectivity index (χ0) is 20.9.